The molecule has 0 aromatic carbocycles. The van der Waals surface area contributed by atoms with E-state index >= 15 is 0 Å². The molecule has 14 heavy (non-hydrogen) atoms. The number of nitrogens with two attached hydrogens (primary N) is 2. The van der Waals surface area contributed by atoms with Crippen LogP contribution in [0.25, 0.3) is 0 Å². The molecule has 0 fully saturated rings. The number of rotatable bonds is 5. The molecule has 0 aromatic rings. The molecule has 0 spiro atoms. The summed E-state index contributed by atoms with van der Waals surface area (Å²) in [5.41, 5.74) is 10.3. The van der Waals surface area contributed by atoms with Gasteiger partial charge in [0.05, 0.1) is 12.1 Å². The van der Waals surface area contributed by atoms with Gasteiger partial charge in [0.25, 0.3) is 0 Å². The maximum absolute atomic E-state index is 11.3. The Morgan fingerprint density at radius 2 is 1.93 bits per heavy atom. The van der Waals surface area contributed by atoms with Gasteiger partial charge in [-0.05, 0) is 6.92 Å². The Bertz CT molecular complexity index is 217. The maximum Gasteiger partial charge on any atom is 0.238 e. The van der Waals surface area contributed by atoms with Gasteiger partial charge in [0.1, 0.15) is 0 Å². The first-order chi connectivity index (χ1) is 6.36. The van der Waals surface area contributed by atoms with Crippen LogP contribution >= 0.6 is 0 Å². The van der Waals surface area contributed by atoms with Crippen molar-refractivity contribution < 1.29 is 9.59 Å². The summed E-state index contributed by atoms with van der Waals surface area (Å²) >= 11 is 0. The van der Waals surface area contributed by atoms with Crippen LogP contribution in [0.3, 0.4) is 0 Å². The zero-order chi connectivity index (χ0) is 11.3. The fourth-order valence-electron chi connectivity index (χ4n) is 0.879. The lowest BCUT2D eigenvalue weighted by Gasteiger charge is -2.19. The molecule has 6 nitrogen and oxygen atoms in total. The molecule has 0 aliphatic heterocycles. The van der Waals surface area contributed by atoms with Gasteiger partial charge in [-0.1, -0.05) is 0 Å². The molecule has 0 heterocycles. The Hall–Kier alpha value is -1.14. The van der Waals surface area contributed by atoms with Crippen LogP contribution in [0.5, 0.6) is 0 Å². The van der Waals surface area contributed by atoms with E-state index in [0.29, 0.717) is 0 Å². The number of amides is 2. The molecular formula is C8H18N4O2. The van der Waals surface area contributed by atoms with Gasteiger partial charge in [-0.15, -0.1) is 0 Å². The van der Waals surface area contributed by atoms with Crippen LogP contribution in [0.15, 0.2) is 0 Å². The van der Waals surface area contributed by atoms with Crippen molar-refractivity contribution in [2.24, 2.45) is 11.5 Å². The SMILES string of the molecule is CC(NCC(N)C(N)=O)C(=O)N(C)C. The minimum atomic E-state index is -0.757. The molecule has 0 saturated heterocycles. The van der Waals surface area contributed by atoms with E-state index in [0.717, 1.165) is 0 Å². The van der Waals surface area contributed by atoms with E-state index in [9.17, 15) is 9.59 Å². The standard InChI is InChI=1S/C8H18N4O2/c1-5(8(14)12(2)3)11-4-6(9)7(10)13/h5-6,11H,4,9H2,1-3H3,(H2,10,13). The van der Waals surface area contributed by atoms with Crippen molar-refractivity contribution >= 4 is 11.8 Å². The van der Waals surface area contributed by atoms with E-state index in [-0.39, 0.29) is 18.5 Å². The van der Waals surface area contributed by atoms with Crippen molar-refractivity contribution in [3.63, 3.8) is 0 Å². The summed E-state index contributed by atoms with van der Waals surface area (Å²) in [6, 6.07) is -1.12. The molecule has 2 atom stereocenters. The highest BCUT2D eigenvalue weighted by molar-refractivity contribution is 5.82. The van der Waals surface area contributed by atoms with Gasteiger partial charge >= 0.3 is 0 Å². The summed E-state index contributed by atoms with van der Waals surface area (Å²) in [7, 11) is 3.32. The Balaban J connectivity index is 3.90. The number of hydrogen-bond donors (Lipinski definition) is 3. The highest BCUT2D eigenvalue weighted by Crippen LogP contribution is 1.88. The number of carbonyl (C=O) groups excluding carboxylic acids is 2. The van der Waals surface area contributed by atoms with Gasteiger partial charge in [0.15, 0.2) is 0 Å². The highest BCUT2D eigenvalue weighted by atomic mass is 16.2. The fourth-order valence-corrected chi connectivity index (χ4v) is 0.879. The van der Waals surface area contributed by atoms with Crippen molar-refractivity contribution in [1.82, 2.24) is 10.2 Å². The fraction of sp³-hybridized carbons (Fsp3) is 0.750. The molecule has 0 rings (SSSR count). The van der Waals surface area contributed by atoms with Gasteiger partial charge in [-0.25, -0.2) is 0 Å². The van der Waals surface area contributed by atoms with Crippen LogP contribution in [0.4, 0.5) is 0 Å². The molecule has 0 aromatic heterocycles. The van der Waals surface area contributed by atoms with Crippen LogP contribution in [0.2, 0.25) is 0 Å². The number of nitrogens with zero attached hydrogens (tertiary/aromatic N) is 1. The molecule has 2 amide bonds. The van der Waals surface area contributed by atoms with E-state index in [2.05, 4.69) is 5.32 Å². The van der Waals surface area contributed by atoms with Gasteiger partial charge in [0.2, 0.25) is 11.8 Å². The first kappa shape index (κ1) is 12.9. The highest BCUT2D eigenvalue weighted by Gasteiger charge is 2.16. The van der Waals surface area contributed by atoms with Gasteiger partial charge in [-0.3, -0.25) is 9.59 Å². The van der Waals surface area contributed by atoms with Gasteiger partial charge in [0, 0.05) is 20.6 Å². The van der Waals surface area contributed by atoms with Crippen molar-refractivity contribution in [2.75, 3.05) is 20.6 Å². The van der Waals surface area contributed by atoms with Crippen LogP contribution in [-0.2, 0) is 9.59 Å². The average Bonchev–Trinajstić information content (AvgIpc) is 2.11. The third kappa shape index (κ3) is 4.20. The average molecular weight is 202 g/mol. The van der Waals surface area contributed by atoms with Gasteiger partial charge in [-0.2, -0.15) is 0 Å². The van der Waals surface area contributed by atoms with E-state index in [1.807, 2.05) is 0 Å². The smallest absolute Gasteiger partial charge is 0.238 e. The maximum atomic E-state index is 11.3. The van der Waals surface area contributed by atoms with Gasteiger partial charge < -0.3 is 21.7 Å². The van der Waals surface area contributed by atoms with Crippen molar-refractivity contribution in [2.45, 2.75) is 19.0 Å². The van der Waals surface area contributed by atoms with Crippen LogP contribution in [0.1, 0.15) is 6.92 Å². The number of nitrogens with one attached hydrogen (secondary N) is 1. The van der Waals surface area contributed by atoms with E-state index in [1.165, 1.54) is 4.90 Å². The molecule has 0 bridgehead atoms. The predicted molar refractivity (Wildman–Crippen MR) is 53.3 cm³/mol. The van der Waals surface area contributed by atoms with Crippen LogP contribution < -0.4 is 16.8 Å². The summed E-state index contributed by atoms with van der Waals surface area (Å²) in [6.07, 6.45) is 0. The second-order valence-electron chi connectivity index (χ2n) is 3.37. The lowest BCUT2D eigenvalue weighted by molar-refractivity contribution is -0.130. The van der Waals surface area contributed by atoms with Crippen molar-refractivity contribution in [3.05, 3.63) is 0 Å². The Labute approximate surface area is 83.6 Å². The minimum absolute atomic E-state index is 0.0679. The van der Waals surface area contributed by atoms with E-state index in [1.54, 1.807) is 21.0 Å². The van der Waals surface area contributed by atoms with Crippen molar-refractivity contribution in [3.8, 4) is 0 Å². The second-order valence-corrected chi connectivity index (χ2v) is 3.37. The zero-order valence-corrected chi connectivity index (χ0v) is 8.78. The second kappa shape index (κ2) is 5.56. The number of hydrogen-bond acceptors (Lipinski definition) is 4. The zero-order valence-electron chi connectivity index (χ0n) is 8.78. The quantitative estimate of drug-likeness (QED) is 0.473. The largest absolute Gasteiger partial charge is 0.368 e. The summed E-state index contributed by atoms with van der Waals surface area (Å²) in [6.45, 7) is 1.91. The molecule has 0 aliphatic carbocycles. The number of likely N-dealkylation sites (N-methyl/N-ethyl adjacent to an activating group) is 1. The molecule has 2 unspecified atom stereocenters. The summed E-state index contributed by atoms with van der Waals surface area (Å²) < 4.78 is 0. The Morgan fingerprint density at radius 1 is 1.43 bits per heavy atom. The topological polar surface area (TPSA) is 101 Å². The molecule has 0 radical (unpaired) electrons. The number of carbonyl (C=O) groups is 2. The summed E-state index contributed by atoms with van der Waals surface area (Å²) in [4.78, 5) is 23.4. The molecule has 0 aliphatic rings. The minimum Gasteiger partial charge on any atom is -0.368 e. The normalized spacial score (nSPS) is 14.6. The third-order valence-corrected chi connectivity index (χ3v) is 1.82. The van der Waals surface area contributed by atoms with Crippen molar-refractivity contribution in [1.29, 1.82) is 0 Å². The first-order valence-corrected chi connectivity index (χ1v) is 4.35. The third-order valence-electron chi connectivity index (χ3n) is 1.82. The summed E-state index contributed by atoms with van der Waals surface area (Å²) in [5.74, 6) is -0.649. The Kier molecular flexibility index (Phi) is 5.11. The molecule has 5 N–H and O–H groups in total. The lowest BCUT2D eigenvalue weighted by Crippen LogP contribution is -2.50. The van der Waals surface area contributed by atoms with E-state index in [4.69, 9.17) is 11.5 Å². The molecule has 82 valence electrons. The summed E-state index contributed by atoms with van der Waals surface area (Å²) in [5, 5.41) is 2.83. The first-order valence-electron chi connectivity index (χ1n) is 4.35. The molecule has 0 saturated carbocycles. The molecule has 6 heteroatoms. The monoisotopic (exact) mass is 202 g/mol. The van der Waals surface area contributed by atoms with Crippen LogP contribution in [0, 0.1) is 0 Å². The number of primary amides is 1. The van der Waals surface area contributed by atoms with E-state index < -0.39 is 11.9 Å². The molecular weight excluding hydrogens is 184 g/mol. The Morgan fingerprint density at radius 3 is 2.29 bits per heavy atom. The lowest BCUT2D eigenvalue weighted by atomic mass is 10.2. The van der Waals surface area contributed by atoms with Crippen LogP contribution in [-0.4, -0.2) is 49.4 Å². The predicted octanol–water partition coefficient (Wildman–Crippen LogP) is -2.13.